The van der Waals surface area contributed by atoms with E-state index in [4.69, 9.17) is 4.42 Å². The number of hydrogen-bond donors (Lipinski definition) is 1. The molecule has 0 aliphatic carbocycles. The fraction of sp³-hybridized carbons (Fsp3) is 0.647. The molecule has 0 saturated carbocycles. The molecule has 3 heterocycles. The van der Waals surface area contributed by atoms with E-state index in [1.807, 2.05) is 12.1 Å². The van der Waals surface area contributed by atoms with E-state index in [-0.39, 0.29) is 0 Å². The topological polar surface area (TPSA) is 93.3 Å². The number of sulfonamides is 1. The van der Waals surface area contributed by atoms with Crippen LogP contribution in [0.4, 0.5) is 5.95 Å². The van der Waals surface area contributed by atoms with Gasteiger partial charge in [0.2, 0.25) is 16.0 Å². The summed E-state index contributed by atoms with van der Waals surface area (Å²) in [5.74, 6) is 3.49. The molecule has 8 nitrogen and oxygen atoms in total. The van der Waals surface area contributed by atoms with E-state index in [2.05, 4.69) is 38.2 Å². The summed E-state index contributed by atoms with van der Waals surface area (Å²) < 4.78 is 32.5. The Morgan fingerprint density at radius 2 is 2.04 bits per heavy atom. The lowest BCUT2D eigenvalue weighted by atomic mass is 9.92. The lowest BCUT2D eigenvalue weighted by molar-refractivity contribution is 0.350. The number of aromatic nitrogens is 3. The van der Waals surface area contributed by atoms with Gasteiger partial charge in [-0.2, -0.15) is 0 Å². The van der Waals surface area contributed by atoms with Crippen molar-refractivity contribution in [3.63, 3.8) is 0 Å². The predicted octanol–water partition coefficient (Wildman–Crippen LogP) is 2.04. The first-order valence-electron chi connectivity index (χ1n) is 9.10. The second-order valence-corrected chi connectivity index (χ2v) is 10.2. The summed E-state index contributed by atoms with van der Waals surface area (Å²) in [7, 11) is -3.18. The molecule has 150 valence electrons. The van der Waals surface area contributed by atoms with E-state index in [1.54, 1.807) is 6.26 Å². The highest BCUT2D eigenvalue weighted by Crippen LogP contribution is 2.28. The maximum atomic E-state index is 11.2. The minimum atomic E-state index is -3.18. The van der Waals surface area contributed by atoms with Crippen molar-refractivity contribution in [3.05, 3.63) is 24.2 Å². The zero-order valence-electron chi connectivity index (χ0n) is 16.0. The average molecular weight is 414 g/mol. The summed E-state index contributed by atoms with van der Waals surface area (Å²) >= 11 is 1.49. The van der Waals surface area contributed by atoms with Gasteiger partial charge in [-0.15, -0.1) is 10.2 Å². The van der Waals surface area contributed by atoms with Gasteiger partial charge in [0.15, 0.2) is 5.16 Å². The van der Waals surface area contributed by atoms with Gasteiger partial charge < -0.3 is 9.32 Å². The highest BCUT2D eigenvalue weighted by molar-refractivity contribution is 7.99. The van der Waals surface area contributed by atoms with Crippen molar-refractivity contribution in [2.45, 2.75) is 32.0 Å². The van der Waals surface area contributed by atoms with Crippen molar-refractivity contribution < 1.29 is 12.8 Å². The Balaban J connectivity index is 1.77. The smallest absolute Gasteiger partial charge is 0.228 e. The van der Waals surface area contributed by atoms with Gasteiger partial charge in [-0.1, -0.05) is 25.6 Å². The molecule has 2 aromatic rings. The van der Waals surface area contributed by atoms with Crippen molar-refractivity contribution in [1.29, 1.82) is 0 Å². The van der Waals surface area contributed by atoms with Crippen molar-refractivity contribution >= 4 is 27.7 Å². The molecule has 27 heavy (non-hydrogen) atoms. The fourth-order valence-electron chi connectivity index (χ4n) is 3.51. The maximum absolute atomic E-state index is 11.2. The van der Waals surface area contributed by atoms with Gasteiger partial charge in [0, 0.05) is 25.4 Å². The van der Waals surface area contributed by atoms with Crippen LogP contribution < -0.4 is 9.62 Å². The van der Waals surface area contributed by atoms with E-state index in [0.29, 0.717) is 30.7 Å². The van der Waals surface area contributed by atoms with Crippen molar-refractivity contribution in [1.82, 2.24) is 19.5 Å². The van der Waals surface area contributed by atoms with E-state index < -0.39 is 10.0 Å². The molecule has 1 aliphatic rings. The highest BCUT2D eigenvalue weighted by Gasteiger charge is 2.27. The van der Waals surface area contributed by atoms with Crippen LogP contribution in [0.15, 0.2) is 28.0 Å². The van der Waals surface area contributed by atoms with Crippen LogP contribution in [0.1, 0.15) is 26.0 Å². The van der Waals surface area contributed by atoms with E-state index in [9.17, 15) is 8.42 Å². The number of nitrogens with zero attached hydrogens (tertiary/aromatic N) is 4. The number of anilines is 1. The van der Waals surface area contributed by atoms with E-state index in [0.717, 1.165) is 36.2 Å². The van der Waals surface area contributed by atoms with Crippen molar-refractivity contribution in [2.75, 3.05) is 36.5 Å². The molecule has 0 amide bonds. The summed E-state index contributed by atoms with van der Waals surface area (Å²) in [4.78, 5) is 2.30. The third kappa shape index (κ3) is 5.73. The Morgan fingerprint density at radius 3 is 2.67 bits per heavy atom. The van der Waals surface area contributed by atoms with Gasteiger partial charge >= 0.3 is 0 Å². The quantitative estimate of drug-likeness (QED) is 0.523. The zero-order chi connectivity index (χ0) is 19.4. The Morgan fingerprint density at radius 1 is 1.30 bits per heavy atom. The maximum Gasteiger partial charge on any atom is 0.228 e. The summed E-state index contributed by atoms with van der Waals surface area (Å²) in [6.45, 7) is 7.35. The first kappa shape index (κ1) is 20.2. The van der Waals surface area contributed by atoms with Crippen molar-refractivity contribution in [2.24, 2.45) is 11.8 Å². The number of thioether (sulfide) groups is 1. The van der Waals surface area contributed by atoms with Gasteiger partial charge in [-0.05, 0) is 30.4 Å². The molecule has 3 rings (SSSR count). The Hall–Kier alpha value is -1.52. The molecule has 0 spiro atoms. The van der Waals surface area contributed by atoms with E-state index in [1.165, 1.54) is 18.2 Å². The standard InChI is InChI=1S/C17H27N5O3S2/c1-13-9-14(2)11-21(10-13)16-19-20-17(26-8-6-18-27(3,23)24)22(16)12-15-5-4-7-25-15/h4-5,7,13-14,18H,6,8-12H2,1-3H3. The number of piperidine rings is 1. The molecule has 1 N–H and O–H groups in total. The lowest BCUT2D eigenvalue weighted by Crippen LogP contribution is -2.40. The third-order valence-corrected chi connectivity index (χ3v) is 6.14. The van der Waals surface area contributed by atoms with Gasteiger partial charge in [0.05, 0.1) is 19.1 Å². The van der Waals surface area contributed by atoms with Gasteiger partial charge in [0.1, 0.15) is 5.76 Å². The summed E-state index contributed by atoms with van der Waals surface area (Å²) in [6, 6.07) is 3.80. The number of rotatable bonds is 8. The van der Waals surface area contributed by atoms with Crippen LogP contribution in [-0.4, -0.2) is 54.8 Å². The molecular formula is C17H27N5O3S2. The molecule has 0 radical (unpaired) electrons. The molecule has 0 aromatic carbocycles. The number of furan rings is 1. The molecule has 2 unspecified atom stereocenters. The van der Waals surface area contributed by atoms with Crippen LogP contribution in [-0.2, 0) is 16.6 Å². The summed E-state index contributed by atoms with van der Waals surface area (Å²) in [5.41, 5.74) is 0. The third-order valence-electron chi connectivity index (χ3n) is 4.44. The molecule has 10 heteroatoms. The predicted molar refractivity (Wildman–Crippen MR) is 107 cm³/mol. The largest absolute Gasteiger partial charge is 0.467 e. The van der Waals surface area contributed by atoms with Gasteiger partial charge in [-0.3, -0.25) is 4.57 Å². The number of hydrogen-bond acceptors (Lipinski definition) is 7. The van der Waals surface area contributed by atoms with Gasteiger partial charge in [0.25, 0.3) is 0 Å². The normalized spacial score (nSPS) is 20.9. The minimum absolute atomic E-state index is 0.351. The van der Waals surface area contributed by atoms with Crippen LogP contribution in [0.2, 0.25) is 0 Å². The van der Waals surface area contributed by atoms with Crippen LogP contribution in [0.25, 0.3) is 0 Å². The van der Waals surface area contributed by atoms with Crippen molar-refractivity contribution in [3.8, 4) is 0 Å². The van der Waals surface area contributed by atoms with Crippen LogP contribution in [0, 0.1) is 11.8 Å². The second-order valence-electron chi connectivity index (χ2n) is 7.31. The average Bonchev–Trinajstić information content (AvgIpc) is 3.20. The molecule has 2 atom stereocenters. The van der Waals surface area contributed by atoms with E-state index >= 15 is 0 Å². The summed E-state index contributed by atoms with van der Waals surface area (Å²) in [6.07, 6.45) is 4.04. The first-order chi connectivity index (χ1) is 12.8. The molecular weight excluding hydrogens is 386 g/mol. The van der Waals surface area contributed by atoms with Gasteiger partial charge in [-0.25, -0.2) is 13.1 Å². The second kappa shape index (κ2) is 8.66. The first-order valence-corrected chi connectivity index (χ1v) is 12.0. The Bertz CT molecular complexity index is 825. The molecule has 0 bridgehead atoms. The molecule has 1 aliphatic heterocycles. The van der Waals surface area contributed by atoms with Crippen LogP contribution in [0.5, 0.6) is 0 Å². The minimum Gasteiger partial charge on any atom is -0.467 e. The number of nitrogens with one attached hydrogen (secondary N) is 1. The Kier molecular flexibility index (Phi) is 6.48. The molecule has 2 aromatic heterocycles. The molecule has 1 fully saturated rings. The van der Waals surface area contributed by atoms with Crippen LogP contribution >= 0.6 is 11.8 Å². The SMILES string of the molecule is CC1CC(C)CN(c2nnc(SCCNS(C)(=O)=O)n2Cc2ccco2)C1. The summed E-state index contributed by atoms with van der Waals surface area (Å²) in [5, 5.41) is 9.59. The molecule has 1 saturated heterocycles. The zero-order valence-corrected chi connectivity index (χ0v) is 17.6. The fourth-order valence-corrected chi connectivity index (χ4v) is 4.90. The Labute approximate surface area is 164 Å². The lowest BCUT2D eigenvalue weighted by Gasteiger charge is -2.35. The highest BCUT2D eigenvalue weighted by atomic mass is 32.2. The monoisotopic (exact) mass is 413 g/mol. The van der Waals surface area contributed by atoms with Crippen LogP contribution in [0.3, 0.4) is 0 Å².